The Hall–Kier alpha value is -1.85. The second-order valence-electron chi connectivity index (χ2n) is 3.49. The van der Waals surface area contributed by atoms with E-state index < -0.39 is 11.7 Å². The van der Waals surface area contributed by atoms with E-state index in [0.717, 1.165) is 25.3 Å². The number of nitrogens with two attached hydrogens (primary N) is 2. The lowest BCUT2D eigenvalue weighted by atomic mass is 10.1. The Bertz CT molecular complexity index is 345. The van der Waals surface area contributed by atoms with Crippen molar-refractivity contribution >= 4 is 11.7 Å². The monoisotopic (exact) mass is 239 g/mol. The fourth-order valence-corrected chi connectivity index (χ4v) is 1.24. The predicted molar refractivity (Wildman–Crippen MR) is 63.8 cm³/mol. The van der Waals surface area contributed by atoms with Crippen LogP contribution in [0.1, 0.15) is 25.7 Å². The predicted octanol–water partition coefficient (Wildman–Crippen LogP) is 0.797. The summed E-state index contributed by atoms with van der Waals surface area (Å²) in [5, 5.41) is 3.11. The van der Waals surface area contributed by atoms with Crippen LogP contribution in [0, 0.1) is 0 Å². The molecule has 0 rings (SSSR count). The number of azide groups is 1. The van der Waals surface area contributed by atoms with Crippen molar-refractivity contribution in [2.75, 3.05) is 13.1 Å². The van der Waals surface area contributed by atoms with E-state index in [-0.39, 0.29) is 12.1 Å². The number of rotatable bonds is 9. The summed E-state index contributed by atoms with van der Waals surface area (Å²) in [6, 6.07) is 0. The molecule has 4 N–H and O–H groups in total. The summed E-state index contributed by atoms with van der Waals surface area (Å²) in [6.45, 7) is 0.307. The van der Waals surface area contributed by atoms with Gasteiger partial charge in [0.25, 0.3) is 0 Å². The number of nitrogens with zero attached hydrogens (tertiary/aromatic N) is 3. The van der Waals surface area contributed by atoms with Crippen LogP contribution in [0.25, 0.3) is 10.4 Å². The smallest absolute Gasteiger partial charge is 0.244 e. The van der Waals surface area contributed by atoms with Crippen LogP contribution in [0.15, 0.2) is 16.8 Å². The van der Waals surface area contributed by atoms with Gasteiger partial charge in [-0.15, -0.1) is 0 Å². The van der Waals surface area contributed by atoms with Gasteiger partial charge in [-0.3, -0.25) is 9.59 Å². The highest BCUT2D eigenvalue weighted by Crippen LogP contribution is 2.08. The molecule has 7 nitrogen and oxygen atoms in total. The van der Waals surface area contributed by atoms with Crippen molar-refractivity contribution in [3.05, 3.63) is 22.1 Å². The molecule has 0 aliphatic carbocycles. The normalized spacial score (nSPS) is 10.8. The number of carbonyl (C=O) groups is 2. The number of hydrogen-bond acceptors (Lipinski definition) is 4. The van der Waals surface area contributed by atoms with Gasteiger partial charge >= 0.3 is 0 Å². The lowest BCUT2D eigenvalue weighted by Gasteiger charge is -2.02. The maximum absolute atomic E-state index is 11.2. The second-order valence-corrected chi connectivity index (χ2v) is 3.49. The standard InChI is InChI=1S/C10H17N5O2/c11-5-3-1-2-4-8(10(12)17)6-9(16)7-14-15-13/h6H,1-5,7,11H2,(H2,12,17). The Morgan fingerprint density at radius 2 is 2.00 bits per heavy atom. The Kier molecular flexibility index (Phi) is 8.36. The maximum Gasteiger partial charge on any atom is 0.244 e. The molecule has 7 heteroatoms. The summed E-state index contributed by atoms with van der Waals surface area (Å²) < 4.78 is 0. The molecule has 0 spiro atoms. The van der Waals surface area contributed by atoms with E-state index in [1.807, 2.05) is 0 Å². The number of unbranched alkanes of at least 4 members (excludes halogenated alkanes) is 2. The molecule has 94 valence electrons. The molecule has 0 fully saturated rings. The fraction of sp³-hybridized carbons (Fsp3) is 0.600. The van der Waals surface area contributed by atoms with Gasteiger partial charge in [0.05, 0.1) is 6.54 Å². The van der Waals surface area contributed by atoms with Crippen LogP contribution >= 0.6 is 0 Å². The largest absolute Gasteiger partial charge is 0.366 e. The highest BCUT2D eigenvalue weighted by atomic mass is 16.1. The highest BCUT2D eigenvalue weighted by molar-refractivity contribution is 6.01. The van der Waals surface area contributed by atoms with E-state index in [1.165, 1.54) is 0 Å². The Morgan fingerprint density at radius 1 is 1.29 bits per heavy atom. The minimum absolute atomic E-state index is 0.264. The van der Waals surface area contributed by atoms with Crippen LogP contribution in [0.2, 0.25) is 0 Å². The van der Waals surface area contributed by atoms with Crippen molar-refractivity contribution in [2.45, 2.75) is 25.7 Å². The molecule has 0 aromatic carbocycles. The van der Waals surface area contributed by atoms with E-state index in [0.29, 0.717) is 13.0 Å². The van der Waals surface area contributed by atoms with E-state index >= 15 is 0 Å². The summed E-state index contributed by atoms with van der Waals surface area (Å²) in [6.07, 6.45) is 4.10. The Balaban J connectivity index is 4.30. The van der Waals surface area contributed by atoms with Crippen molar-refractivity contribution in [3.8, 4) is 0 Å². The van der Waals surface area contributed by atoms with Crippen LogP contribution in [-0.4, -0.2) is 24.8 Å². The number of carbonyl (C=O) groups excluding carboxylic acids is 2. The van der Waals surface area contributed by atoms with Crippen LogP contribution in [-0.2, 0) is 9.59 Å². The van der Waals surface area contributed by atoms with Crippen LogP contribution < -0.4 is 11.5 Å². The van der Waals surface area contributed by atoms with Gasteiger partial charge in [-0.1, -0.05) is 11.5 Å². The summed E-state index contributed by atoms with van der Waals surface area (Å²) >= 11 is 0. The quantitative estimate of drug-likeness (QED) is 0.202. The molecule has 1 amide bonds. The van der Waals surface area contributed by atoms with Gasteiger partial charge in [-0.05, 0) is 37.4 Å². The molecule has 0 aromatic heterocycles. The molecular formula is C10H17N5O2. The van der Waals surface area contributed by atoms with Crippen molar-refractivity contribution < 1.29 is 9.59 Å². The number of hydrogen-bond donors (Lipinski definition) is 2. The average Bonchev–Trinajstić information content (AvgIpc) is 2.30. The lowest BCUT2D eigenvalue weighted by Crippen LogP contribution is -2.16. The average molecular weight is 239 g/mol. The molecule has 0 bridgehead atoms. The minimum atomic E-state index is -0.618. The molecule has 0 aromatic rings. The number of amides is 1. The summed E-state index contributed by atoms with van der Waals surface area (Å²) in [5.74, 6) is -1.04. The van der Waals surface area contributed by atoms with Crippen LogP contribution in [0.5, 0.6) is 0 Å². The molecule has 0 saturated heterocycles. The number of ketones is 1. The second kappa shape index (κ2) is 9.38. The van der Waals surface area contributed by atoms with Crippen molar-refractivity contribution in [3.63, 3.8) is 0 Å². The first kappa shape index (κ1) is 15.2. The fourth-order valence-electron chi connectivity index (χ4n) is 1.24. The number of primary amides is 1. The van der Waals surface area contributed by atoms with Crippen molar-refractivity contribution in [2.24, 2.45) is 16.6 Å². The zero-order valence-corrected chi connectivity index (χ0v) is 9.63. The molecule has 17 heavy (non-hydrogen) atoms. The molecule has 0 aliphatic heterocycles. The first-order chi connectivity index (χ1) is 8.11. The molecule has 0 unspecified atom stereocenters. The van der Waals surface area contributed by atoms with Gasteiger partial charge in [0, 0.05) is 10.5 Å². The van der Waals surface area contributed by atoms with E-state index in [9.17, 15) is 9.59 Å². The van der Waals surface area contributed by atoms with E-state index in [4.69, 9.17) is 17.0 Å². The van der Waals surface area contributed by atoms with E-state index in [1.54, 1.807) is 0 Å². The molecule has 0 aliphatic rings. The topological polar surface area (TPSA) is 135 Å². The third kappa shape index (κ3) is 8.01. The third-order valence-corrected chi connectivity index (χ3v) is 2.09. The van der Waals surface area contributed by atoms with Gasteiger partial charge in [0.15, 0.2) is 5.78 Å². The molecular weight excluding hydrogens is 222 g/mol. The van der Waals surface area contributed by atoms with Crippen molar-refractivity contribution in [1.82, 2.24) is 0 Å². The summed E-state index contributed by atoms with van der Waals surface area (Å²) in [4.78, 5) is 24.7. The summed E-state index contributed by atoms with van der Waals surface area (Å²) in [7, 11) is 0. The zero-order valence-electron chi connectivity index (χ0n) is 9.63. The van der Waals surface area contributed by atoms with Crippen LogP contribution in [0.3, 0.4) is 0 Å². The first-order valence-corrected chi connectivity index (χ1v) is 5.36. The molecule has 0 radical (unpaired) electrons. The SMILES string of the molecule is [N-]=[N+]=NCC(=O)C=C(CCCCCN)C(N)=O. The molecule has 0 saturated carbocycles. The van der Waals surface area contributed by atoms with Crippen LogP contribution in [0.4, 0.5) is 0 Å². The summed E-state index contributed by atoms with van der Waals surface area (Å²) in [5.41, 5.74) is 18.8. The minimum Gasteiger partial charge on any atom is -0.366 e. The van der Waals surface area contributed by atoms with Gasteiger partial charge in [0.1, 0.15) is 0 Å². The lowest BCUT2D eigenvalue weighted by molar-refractivity contribution is -0.116. The first-order valence-electron chi connectivity index (χ1n) is 5.36. The zero-order chi connectivity index (χ0) is 13.1. The van der Waals surface area contributed by atoms with E-state index in [2.05, 4.69) is 10.0 Å². The molecule has 0 atom stereocenters. The Labute approximate surface area is 99.5 Å². The van der Waals surface area contributed by atoms with Crippen molar-refractivity contribution in [1.29, 1.82) is 0 Å². The van der Waals surface area contributed by atoms with Gasteiger partial charge in [-0.2, -0.15) is 0 Å². The van der Waals surface area contributed by atoms with Gasteiger partial charge < -0.3 is 11.5 Å². The third-order valence-electron chi connectivity index (χ3n) is 2.09. The van der Waals surface area contributed by atoms with Gasteiger partial charge in [0.2, 0.25) is 5.91 Å². The highest BCUT2D eigenvalue weighted by Gasteiger charge is 2.07. The molecule has 0 heterocycles. The Morgan fingerprint density at radius 3 is 2.53 bits per heavy atom. The van der Waals surface area contributed by atoms with Gasteiger partial charge in [-0.25, -0.2) is 0 Å². The maximum atomic E-state index is 11.2.